The summed E-state index contributed by atoms with van der Waals surface area (Å²) in [5.74, 6) is 0. The van der Waals surface area contributed by atoms with Crippen LogP contribution in [0.25, 0.3) is 0 Å². The lowest BCUT2D eigenvalue weighted by molar-refractivity contribution is -0.122. The second kappa shape index (κ2) is 16.9. The van der Waals surface area contributed by atoms with Gasteiger partial charge in [-0.15, -0.1) is 0 Å². The molecule has 1 rings (SSSR count). The summed E-state index contributed by atoms with van der Waals surface area (Å²) in [4.78, 5) is 8.36. The Morgan fingerprint density at radius 1 is 0.923 bits per heavy atom. The van der Waals surface area contributed by atoms with Gasteiger partial charge in [0.1, 0.15) is 0 Å². The van der Waals surface area contributed by atoms with Gasteiger partial charge in [-0.1, -0.05) is 36.4 Å². The van der Waals surface area contributed by atoms with Crippen LogP contribution in [0.2, 0.25) is 0 Å². The number of nitrogens with two attached hydrogens (primary N) is 2. The first-order valence-electron chi connectivity index (χ1n) is 3.81. The molecule has 0 saturated carbocycles. The molecule has 13 heavy (non-hydrogen) atoms. The molecule has 0 saturated heterocycles. The number of carboxylic acid groups (broad SMARTS) is 1. The molecule has 0 atom stereocenters. The Hall–Kier alpha value is -1.39. The quantitative estimate of drug-likeness (QED) is 0.547. The average Bonchev–Trinajstić information content (AvgIpc) is 2.22. The van der Waals surface area contributed by atoms with Crippen LogP contribution < -0.4 is 11.5 Å². The van der Waals surface area contributed by atoms with Gasteiger partial charge in [0.25, 0.3) is 6.47 Å². The molecule has 74 valence electrons. The third kappa shape index (κ3) is 25.0. The van der Waals surface area contributed by atoms with E-state index in [1.807, 2.05) is 36.4 Å². The number of hydrogen-bond donors (Lipinski definition) is 3. The fourth-order valence-corrected chi connectivity index (χ4v) is 0.385. The Morgan fingerprint density at radius 2 is 1.08 bits per heavy atom. The fourth-order valence-electron chi connectivity index (χ4n) is 0.385. The van der Waals surface area contributed by atoms with Crippen molar-refractivity contribution in [3.8, 4) is 0 Å². The summed E-state index contributed by atoms with van der Waals surface area (Å²) in [6, 6.07) is 12.0. The number of hydrogen-bond acceptors (Lipinski definition) is 3. The van der Waals surface area contributed by atoms with Crippen molar-refractivity contribution in [2.75, 3.05) is 13.1 Å². The Balaban J connectivity index is 0. The van der Waals surface area contributed by atoms with Gasteiger partial charge in [-0.3, -0.25) is 4.79 Å². The van der Waals surface area contributed by atoms with Gasteiger partial charge in [0.05, 0.1) is 0 Å². The molecule has 0 fully saturated rings. The minimum Gasteiger partial charge on any atom is -0.483 e. The maximum Gasteiger partial charge on any atom is 0.290 e. The predicted octanol–water partition coefficient (Wildman–Crippen LogP) is 0.291. The number of benzene rings is 1. The lowest BCUT2D eigenvalue weighted by atomic mass is 10.4. The minimum atomic E-state index is -0.250. The van der Waals surface area contributed by atoms with Gasteiger partial charge in [-0.2, -0.15) is 0 Å². The smallest absolute Gasteiger partial charge is 0.290 e. The summed E-state index contributed by atoms with van der Waals surface area (Å²) < 4.78 is 0. The summed E-state index contributed by atoms with van der Waals surface area (Å²) >= 11 is 0. The maximum atomic E-state index is 8.36. The van der Waals surface area contributed by atoms with Crippen LogP contribution in [0, 0.1) is 0 Å². The van der Waals surface area contributed by atoms with Crippen molar-refractivity contribution >= 4 is 6.47 Å². The molecule has 0 heterocycles. The fraction of sp³-hybridized carbons (Fsp3) is 0.222. The highest BCUT2D eigenvalue weighted by atomic mass is 16.3. The molecule has 0 aromatic heterocycles. The van der Waals surface area contributed by atoms with Crippen LogP contribution in [0.15, 0.2) is 36.4 Å². The highest BCUT2D eigenvalue weighted by Crippen LogP contribution is 1.79. The summed E-state index contributed by atoms with van der Waals surface area (Å²) in [7, 11) is 0. The van der Waals surface area contributed by atoms with Crippen molar-refractivity contribution in [3.05, 3.63) is 36.4 Å². The third-order valence-corrected chi connectivity index (χ3v) is 0.833. The van der Waals surface area contributed by atoms with Crippen molar-refractivity contribution in [3.63, 3.8) is 0 Å². The first-order chi connectivity index (χ1) is 6.33. The number of rotatable bonds is 1. The Morgan fingerprint density at radius 3 is 1.15 bits per heavy atom. The summed E-state index contributed by atoms with van der Waals surface area (Å²) in [5.41, 5.74) is 9.81. The summed E-state index contributed by atoms with van der Waals surface area (Å²) in [5, 5.41) is 6.89. The lowest BCUT2D eigenvalue weighted by Gasteiger charge is -1.72. The van der Waals surface area contributed by atoms with Gasteiger partial charge in [-0.25, -0.2) is 0 Å². The van der Waals surface area contributed by atoms with E-state index >= 15 is 0 Å². The standard InChI is InChI=1S/C6H6.C2H8N2.CH2O2/c1-2-4-6-5-3-1;3-1-2-4;2-1-3/h1-6H;1-4H2;1H,(H,2,3). The molecule has 1 aromatic carbocycles. The molecule has 0 aliphatic rings. The van der Waals surface area contributed by atoms with Gasteiger partial charge in [-0.05, 0) is 0 Å². The maximum absolute atomic E-state index is 8.36. The SMILES string of the molecule is NCCN.O=CO.c1ccccc1. The Kier molecular flexibility index (Phi) is 18.4. The molecule has 4 nitrogen and oxygen atoms in total. The molecular formula is C9H16N2O2. The molecule has 0 aliphatic heterocycles. The van der Waals surface area contributed by atoms with Crippen LogP contribution in [0.1, 0.15) is 0 Å². The minimum absolute atomic E-state index is 0.250. The molecule has 0 spiro atoms. The van der Waals surface area contributed by atoms with Gasteiger partial charge in [0.15, 0.2) is 0 Å². The Bertz CT molecular complexity index is 140. The monoisotopic (exact) mass is 184 g/mol. The molecule has 0 radical (unpaired) electrons. The van der Waals surface area contributed by atoms with E-state index < -0.39 is 0 Å². The van der Waals surface area contributed by atoms with E-state index in [0.717, 1.165) is 0 Å². The molecule has 0 amide bonds. The Labute approximate surface area is 78.2 Å². The van der Waals surface area contributed by atoms with Crippen LogP contribution in [-0.4, -0.2) is 24.7 Å². The van der Waals surface area contributed by atoms with Crippen molar-refractivity contribution in [2.24, 2.45) is 11.5 Å². The molecule has 0 unspecified atom stereocenters. The largest absolute Gasteiger partial charge is 0.483 e. The van der Waals surface area contributed by atoms with Crippen molar-refractivity contribution in [1.82, 2.24) is 0 Å². The zero-order valence-electron chi connectivity index (χ0n) is 7.47. The lowest BCUT2D eigenvalue weighted by Crippen LogP contribution is -2.11. The topological polar surface area (TPSA) is 89.3 Å². The second-order valence-corrected chi connectivity index (χ2v) is 1.84. The predicted molar refractivity (Wildman–Crippen MR) is 53.2 cm³/mol. The van der Waals surface area contributed by atoms with Crippen LogP contribution in [-0.2, 0) is 4.79 Å². The molecular weight excluding hydrogens is 168 g/mol. The molecule has 0 bridgehead atoms. The van der Waals surface area contributed by atoms with Crippen LogP contribution in [0.4, 0.5) is 0 Å². The van der Waals surface area contributed by atoms with Gasteiger partial charge in [0.2, 0.25) is 0 Å². The average molecular weight is 184 g/mol. The summed E-state index contributed by atoms with van der Waals surface area (Å²) in [6.45, 7) is 0.944. The molecule has 5 N–H and O–H groups in total. The highest BCUT2D eigenvalue weighted by Gasteiger charge is 1.57. The van der Waals surface area contributed by atoms with Crippen LogP contribution in [0.5, 0.6) is 0 Å². The molecule has 4 heteroatoms. The summed E-state index contributed by atoms with van der Waals surface area (Å²) in [6.07, 6.45) is 0. The first kappa shape index (κ1) is 14.2. The number of carbonyl (C=O) groups is 1. The zero-order chi connectivity index (χ0) is 10.4. The third-order valence-electron chi connectivity index (χ3n) is 0.833. The van der Waals surface area contributed by atoms with Crippen LogP contribution >= 0.6 is 0 Å². The molecule has 0 aliphatic carbocycles. The first-order valence-corrected chi connectivity index (χ1v) is 3.81. The van der Waals surface area contributed by atoms with E-state index in [1.165, 1.54) is 0 Å². The van der Waals surface area contributed by atoms with Gasteiger partial charge in [0, 0.05) is 13.1 Å². The normalized spacial score (nSPS) is 6.92. The van der Waals surface area contributed by atoms with Crippen molar-refractivity contribution in [2.45, 2.75) is 0 Å². The zero-order valence-corrected chi connectivity index (χ0v) is 7.47. The van der Waals surface area contributed by atoms with E-state index in [4.69, 9.17) is 21.4 Å². The van der Waals surface area contributed by atoms with Crippen molar-refractivity contribution < 1.29 is 9.90 Å². The van der Waals surface area contributed by atoms with E-state index in [0.29, 0.717) is 13.1 Å². The molecule has 1 aromatic rings. The van der Waals surface area contributed by atoms with E-state index in [-0.39, 0.29) is 6.47 Å². The van der Waals surface area contributed by atoms with Gasteiger partial charge >= 0.3 is 0 Å². The van der Waals surface area contributed by atoms with Crippen molar-refractivity contribution in [1.29, 1.82) is 0 Å². The highest BCUT2D eigenvalue weighted by molar-refractivity contribution is 5.32. The van der Waals surface area contributed by atoms with E-state index in [9.17, 15) is 0 Å². The van der Waals surface area contributed by atoms with Crippen LogP contribution in [0.3, 0.4) is 0 Å². The van der Waals surface area contributed by atoms with E-state index in [1.54, 1.807) is 0 Å². The van der Waals surface area contributed by atoms with Gasteiger partial charge < -0.3 is 16.6 Å². The van der Waals surface area contributed by atoms with E-state index in [2.05, 4.69) is 0 Å². The second-order valence-electron chi connectivity index (χ2n) is 1.84.